The smallest absolute Gasteiger partial charge is 0.170 e. The van der Waals surface area contributed by atoms with Crippen molar-refractivity contribution in [1.29, 1.82) is 0 Å². The first-order valence-corrected chi connectivity index (χ1v) is 6.41. The summed E-state index contributed by atoms with van der Waals surface area (Å²) < 4.78 is 5.20. The van der Waals surface area contributed by atoms with Gasteiger partial charge in [-0.25, -0.2) is 4.98 Å². The molecule has 0 aliphatic carbocycles. The highest BCUT2D eigenvalue weighted by atomic mass is 32.2. The third-order valence-corrected chi connectivity index (χ3v) is 3.42. The standard InChI is InChI=1S/C9H17N3S2/c1-7-11-8(14-12-7)13-6-5-10-9(2,3)4/h10H,5-6H2,1-4H3. The van der Waals surface area contributed by atoms with Crippen LogP contribution in [0.3, 0.4) is 0 Å². The normalized spacial score (nSPS) is 12.0. The molecule has 0 saturated carbocycles. The van der Waals surface area contributed by atoms with Gasteiger partial charge in [0.25, 0.3) is 0 Å². The second-order valence-electron chi connectivity index (χ2n) is 4.13. The maximum Gasteiger partial charge on any atom is 0.170 e. The zero-order valence-electron chi connectivity index (χ0n) is 9.13. The van der Waals surface area contributed by atoms with E-state index in [1.807, 2.05) is 6.92 Å². The first kappa shape index (κ1) is 11.9. The molecule has 5 heteroatoms. The molecule has 0 aromatic carbocycles. The van der Waals surface area contributed by atoms with Crippen LogP contribution in [0.25, 0.3) is 0 Å². The molecule has 0 fully saturated rings. The molecular formula is C9H17N3S2. The van der Waals surface area contributed by atoms with Crippen LogP contribution in [0.5, 0.6) is 0 Å². The molecule has 14 heavy (non-hydrogen) atoms. The van der Waals surface area contributed by atoms with E-state index in [0.29, 0.717) is 0 Å². The summed E-state index contributed by atoms with van der Waals surface area (Å²) in [5, 5.41) is 3.43. The summed E-state index contributed by atoms with van der Waals surface area (Å²) in [5.74, 6) is 1.92. The molecule has 1 N–H and O–H groups in total. The van der Waals surface area contributed by atoms with Crippen molar-refractivity contribution in [3.05, 3.63) is 5.82 Å². The summed E-state index contributed by atoms with van der Waals surface area (Å²) in [7, 11) is 0. The highest BCUT2D eigenvalue weighted by Crippen LogP contribution is 2.19. The Labute approximate surface area is 93.9 Å². The summed E-state index contributed by atoms with van der Waals surface area (Å²) in [6, 6.07) is 0. The van der Waals surface area contributed by atoms with Gasteiger partial charge >= 0.3 is 0 Å². The predicted molar refractivity (Wildman–Crippen MR) is 63.1 cm³/mol. The Kier molecular flexibility index (Phi) is 4.34. The fourth-order valence-electron chi connectivity index (χ4n) is 0.901. The van der Waals surface area contributed by atoms with Crippen molar-refractivity contribution < 1.29 is 0 Å². The quantitative estimate of drug-likeness (QED) is 0.637. The lowest BCUT2D eigenvalue weighted by Crippen LogP contribution is -2.37. The van der Waals surface area contributed by atoms with E-state index in [9.17, 15) is 0 Å². The molecule has 3 nitrogen and oxygen atoms in total. The fraction of sp³-hybridized carbons (Fsp3) is 0.778. The minimum Gasteiger partial charge on any atom is -0.311 e. The summed E-state index contributed by atoms with van der Waals surface area (Å²) in [4.78, 5) is 4.29. The highest BCUT2D eigenvalue weighted by Gasteiger charge is 2.08. The molecule has 0 spiro atoms. The van der Waals surface area contributed by atoms with Gasteiger partial charge in [-0.3, -0.25) is 0 Å². The van der Waals surface area contributed by atoms with Gasteiger partial charge in [-0.1, -0.05) is 11.8 Å². The lowest BCUT2D eigenvalue weighted by molar-refractivity contribution is 0.441. The van der Waals surface area contributed by atoms with E-state index in [1.165, 1.54) is 11.5 Å². The van der Waals surface area contributed by atoms with Gasteiger partial charge in [-0.2, -0.15) is 4.37 Å². The van der Waals surface area contributed by atoms with Crippen LogP contribution in [0, 0.1) is 6.92 Å². The van der Waals surface area contributed by atoms with E-state index < -0.39 is 0 Å². The van der Waals surface area contributed by atoms with Crippen LogP contribution in [-0.4, -0.2) is 27.2 Å². The van der Waals surface area contributed by atoms with Gasteiger partial charge in [0.05, 0.1) is 0 Å². The third-order valence-electron chi connectivity index (χ3n) is 1.49. The zero-order valence-corrected chi connectivity index (χ0v) is 10.8. The van der Waals surface area contributed by atoms with Crippen LogP contribution in [0.2, 0.25) is 0 Å². The number of nitrogens with one attached hydrogen (secondary N) is 1. The molecule has 0 unspecified atom stereocenters. The SMILES string of the molecule is Cc1nsc(SCCNC(C)(C)C)n1. The van der Waals surface area contributed by atoms with Crippen molar-refractivity contribution in [1.82, 2.24) is 14.7 Å². The molecular weight excluding hydrogens is 214 g/mol. The molecule has 0 aliphatic rings. The Balaban J connectivity index is 2.16. The lowest BCUT2D eigenvalue weighted by Gasteiger charge is -2.19. The fourth-order valence-corrected chi connectivity index (χ4v) is 2.47. The molecule has 0 saturated heterocycles. The third kappa shape index (κ3) is 4.93. The van der Waals surface area contributed by atoms with E-state index in [0.717, 1.165) is 22.5 Å². The maximum absolute atomic E-state index is 4.29. The largest absolute Gasteiger partial charge is 0.311 e. The van der Waals surface area contributed by atoms with Crippen molar-refractivity contribution in [3.63, 3.8) is 0 Å². The first-order valence-electron chi connectivity index (χ1n) is 4.65. The van der Waals surface area contributed by atoms with E-state index >= 15 is 0 Å². The number of aromatic nitrogens is 2. The second-order valence-corrected chi connectivity index (χ2v) is 6.23. The second kappa shape index (κ2) is 5.09. The van der Waals surface area contributed by atoms with Gasteiger partial charge in [-0.15, -0.1) is 0 Å². The van der Waals surface area contributed by atoms with Gasteiger partial charge in [0, 0.05) is 17.8 Å². The zero-order chi connectivity index (χ0) is 10.6. The molecule has 80 valence electrons. The minimum absolute atomic E-state index is 0.206. The Hall–Kier alpha value is -0.130. The molecule has 0 amide bonds. The monoisotopic (exact) mass is 231 g/mol. The van der Waals surface area contributed by atoms with Crippen molar-refractivity contribution >= 4 is 23.3 Å². The highest BCUT2D eigenvalue weighted by molar-refractivity contribution is 8.00. The van der Waals surface area contributed by atoms with Crippen LogP contribution in [0.4, 0.5) is 0 Å². The van der Waals surface area contributed by atoms with Crippen LogP contribution in [-0.2, 0) is 0 Å². The number of aryl methyl sites for hydroxylation is 1. The molecule has 0 atom stereocenters. The van der Waals surface area contributed by atoms with Crippen LogP contribution < -0.4 is 5.32 Å². The number of thioether (sulfide) groups is 1. The Bertz CT molecular complexity index is 278. The van der Waals surface area contributed by atoms with Crippen LogP contribution in [0.1, 0.15) is 26.6 Å². The van der Waals surface area contributed by atoms with Gasteiger partial charge in [0.2, 0.25) is 0 Å². The van der Waals surface area contributed by atoms with Crippen molar-refractivity contribution in [2.45, 2.75) is 37.6 Å². The van der Waals surface area contributed by atoms with Crippen LogP contribution >= 0.6 is 23.3 Å². The van der Waals surface area contributed by atoms with Crippen molar-refractivity contribution in [3.8, 4) is 0 Å². The number of hydrogen-bond donors (Lipinski definition) is 1. The molecule has 1 aromatic rings. The summed E-state index contributed by atoms with van der Waals surface area (Å²) in [6.07, 6.45) is 0. The summed E-state index contributed by atoms with van der Waals surface area (Å²) >= 11 is 3.25. The van der Waals surface area contributed by atoms with Crippen molar-refractivity contribution in [2.24, 2.45) is 0 Å². The van der Waals surface area contributed by atoms with Gasteiger partial charge in [0.1, 0.15) is 5.82 Å². The summed E-state index contributed by atoms with van der Waals surface area (Å²) in [5.41, 5.74) is 0.206. The Morgan fingerprint density at radius 3 is 2.64 bits per heavy atom. The Morgan fingerprint density at radius 2 is 2.14 bits per heavy atom. The van der Waals surface area contributed by atoms with E-state index in [-0.39, 0.29) is 5.54 Å². The van der Waals surface area contributed by atoms with Gasteiger partial charge < -0.3 is 5.32 Å². The topological polar surface area (TPSA) is 37.8 Å². The van der Waals surface area contributed by atoms with Crippen LogP contribution in [0.15, 0.2) is 4.34 Å². The maximum atomic E-state index is 4.29. The van der Waals surface area contributed by atoms with E-state index in [2.05, 4.69) is 35.4 Å². The molecule has 1 rings (SSSR count). The molecule has 1 aromatic heterocycles. The Morgan fingerprint density at radius 1 is 1.43 bits per heavy atom. The number of rotatable bonds is 4. The van der Waals surface area contributed by atoms with E-state index in [1.54, 1.807) is 11.8 Å². The molecule has 0 bridgehead atoms. The predicted octanol–water partition coefficient (Wildman–Crippen LogP) is 2.33. The average Bonchev–Trinajstić information content (AvgIpc) is 2.44. The molecule has 0 radical (unpaired) electrons. The van der Waals surface area contributed by atoms with E-state index in [4.69, 9.17) is 0 Å². The van der Waals surface area contributed by atoms with Gasteiger partial charge in [0.15, 0.2) is 4.34 Å². The summed E-state index contributed by atoms with van der Waals surface area (Å²) in [6.45, 7) is 9.45. The minimum atomic E-state index is 0.206. The lowest BCUT2D eigenvalue weighted by atomic mass is 10.1. The number of nitrogens with zero attached hydrogens (tertiary/aromatic N) is 2. The number of hydrogen-bond acceptors (Lipinski definition) is 5. The van der Waals surface area contributed by atoms with Crippen molar-refractivity contribution in [2.75, 3.05) is 12.3 Å². The van der Waals surface area contributed by atoms with Gasteiger partial charge in [-0.05, 0) is 39.2 Å². The average molecular weight is 231 g/mol. The first-order chi connectivity index (χ1) is 6.47. The molecule has 0 aliphatic heterocycles. The molecule has 1 heterocycles.